The van der Waals surface area contributed by atoms with E-state index in [1.165, 1.54) is 0 Å². The van der Waals surface area contributed by atoms with Gasteiger partial charge in [0, 0.05) is 0 Å². The zero-order valence-electron chi connectivity index (χ0n) is 14.0. The number of hydrogen-bond donors (Lipinski definition) is 0. The average molecular weight is 356 g/mol. The molecule has 2 aromatic carbocycles. The van der Waals surface area contributed by atoms with Gasteiger partial charge in [-0.25, -0.2) is 13.6 Å². The molecule has 3 saturated heterocycles. The molecular weight excluding hydrogens is 335 g/mol. The second-order valence-corrected chi connectivity index (χ2v) is 8.60. The van der Waals surface area contributed by atoms with E-state index in [0.29, 0.717) is 0 Å². The van der Waals surface area contributed by atoms with Crippen LogP contribution in [0.15, 0.2) is 60.7 Å². The van der Waals surface area contributed by atoms with Crippen LogP contribution in [-0.2, 0) is 23.6 Å². The maximum absolute atomic E-state index is 12.5. The summed E-state index contributed by atoms with van der Waals surface area (Å²) in [5, 5.41) is 0. The van der Waals surface area contributed by atoms with Crippen molar-refractivity contribution in [1.29, 1.82) is 0 Å². The van der Waals surface area contributed by atoms with Crippen LogP contribution < -0.4 is 0 Å². The predicted octanol–water partition coefficient (Wildman–Crippen LogP) is 5.19. The SMILES string of the molecule is O=P12OC3CCCCCC(c4ccccc4)(c4ccccc4)C3(O1)O2. The molecule has 130 valence electrons. The maximum Gasteiger partial charge on any atom is 0.480 e. The zero-order valence-corrected chi connectivity index (χ0v) is 14.9. The number of rotatable bonds is 2. The Bertz CT molecular complexity index is 771. The molecule has 3 aliphatic heterocycles. The van der Waals surface area contributed by atoms with Crippen molar-refractivity contribution in [2.24, 2.45) is 0 Å². The number of phosphoric ester groups is 1. The lowest BCUT2D eigenvalue weighted by atomic mass is 9.62. The largest absolute Gasteiger partial charge is 0.480 e. The molecule has 2 aromatic rings. The van der Waals surface area contributed by atoms with Crippen LogP contribution in [0.2, 0.25) is 0 Å². The molecule has 6 rings (SSSR count). The Morgan fingerprint density at radius 1 is 0.840 bits per heavy atom. The van der Waals surface area contributed by atoms with Crippen LogP contribution in [0.5, 0.6) is 0 Å². The molecule has 5 heteroatoms. The Labute approximate surface area is 147 Å². The van der Waals surface area contributed by atoms with Gasteiger partial charge in [-0.1, -0.05) is 79.9 Å². The Hall–Kier alpha value is -1.45. The lowest BCUT2D eigenvalue weighted by molar-refractivity contribution is -0.227. The van der Waals surface area contributed by atoms with Crippen molar-refractivity contribution in [2.45, 2.75) is 49.4 Å². The molecule has 1 atom stereocenters. The summed E-state index contributed by atoms with van der Waals surface area (Å²) in [7, 11) is -3.37. The van der Waals surface area contributed by atoms with E-state index in [4.69, 9.17) is 13.6 Å². The van der Waals surface area contributed by atoms with E-state index < -0.39 is 19.0 Å². The number of benzene rings is 2. The van der Waals surface area contributed by atoms with Crippen molar-refractivity contribution < 1.29 is 18.1 Å². The first-order valence-electron chi connectivity index (χ1n) is 9.00. The van der Waals surface area contributed by atoms with Gasteiger partial charge in [-0.05, 0) is 24.0 Å². The molecule has 1 spiro atoms. The van der Waals surface area contributed by atoms with Gasteiger partial charge in [-0.3, -0.25) is 4.52 Å². The van der Waals surface area contributed by atoms with Gasteiger partial charge in [0.15, 0.2) is 0 Å². The summed E-state index contributed by atoms with van der Waals surface area (Å²) in [6.45, 7) is 0. The average Bonchev–Trinajstić information content (AvgIpc) is 3.05. The highest BCUT2D eigenvalue weighted by Crippen LogP contribution is 2.80. The van der Waals surface area contributed by atoms with Crippen LogP contribution in [0.4, 0.5) is 0 Å². The van der Waals surface area contributed by atoms with Crippen molar-refractivity contribution in [2.75, 3.05) is 0 Å². The fourth-order valence-electron chi connectivity index (χ4n) is 4.77. The van der Waals surface area contributed by atoms with Gasteiger partial charge in [-0.15, -0.1) is 0 Å². The van der Waals surface area contributed by atoms with E-state index in [2.05, 4.69) is 24.3 Å². The van der Waals surface area contributed by atoms with Crippen molar-refractivity contribution in [1.82, 2.24) is 0 Å². The van der Waals surface area contributed by atoms with Gasteiger partial charge in [0.25, 0.3) is 0 Å². The van der Waals surface area contributed by atoms with E-state index in [1.807, 2.05) is 36.4 Å². The van der Waals surface area contributed by atoms with Crippen LogP contribution in [0.1, 0.15) is 43.2 Å². The van der Waals surface area contributed by atoms with Crippen molar-refractivity contribution in [3.8, 4) is 0 Å². The Morgan fingerprint density at radius 2 is 1.44 bits per heavy atom. The normalized spacial score (nSPS) is 35.9. The molecule has 0 aromatic heterocycles. The Balaban J connectivity index is 1.77. The molecule has 2 bridgehead atoms. The van der Waals surface area contributed by atoms with Crippen molar-refractivity contribution in [3.05, 3.63) is 71.8 Å². The molecule has 0 radical (unpaired) electrons. The van der Waals surface area contributed by atoms with Crippen LogP contribution in [-0.4, -0.2) is 11.9 Å². The van der Waals surface area contributed by atoms with Gasteiger partial charge in [0.2, 0.25) is 5.79 Å². The van der Waals surface area contributed by atoms with E-state index in [-0.39, 0.29) is 6.10 Å². The highest BCUT2D eigenvalue weighted by molar-refractivity contribution is 7.50. The lowest BCUT2D eigenvalue weighted by Gasteiger charge is -2.52. The molecule has 4 fully saturated rings. The topological polar surface area (TPSA) is 44.8 Å². The summed E-state index contributed by atoms with van der Waals surface area (Å²) >= 11 is 0. The van der Waals surface area contributed by atoms with Crippen molar-refractivity contribution >= 4 is 7.82 Å². The zero-order chi connectivity index (χ0) is 17.0. The smallest absolute Gasteiger partial charge is 0.278 e. The second-order valence-electron chi connectivity index (χ2n) is 7.13. The standard InChI is InChI=1S/C20H21O4P/c21-25-22-18-14-8-3-9-15-19(20(18,23-25)24-25,16-10-4-1-5-11-16)17-12-6-2-7-13-17/h1-2,4-7,10-13,18H,3,8-9,14-15H2. The summed E-state index contributed by atoms with van der Waals surface area (Å²) in [4.78, 5) is 0. The summed E-state index contributed by atoms with van der Waals surface area (Å²) in [6.07, 6.45) is 4.63. The molecule has 1 saturated carbocycles. The molecule has 4 nitrogen and oxygen atoms in total. The number of hydrogen-bond acceptors (Lipinski definition) is 4. The first kappa shape index (κ1) is 15.8. The monoisotopic (exact) mass is 356 g/mol. The first-order chi connectivity index (χ1) is 12.2. The molecular formula is C20H21O4P. The van der Waals surface area contributed by atoms with Gasteiger partial charge in [0.05, 0.1) is 5.41 Å². The third-order valence-corrected chi connectivity index (χ3v) is 7.32. The summed E-state index contributed by atoms with van der Waals surface area (Å²) in [6, 6.07) is 20.7. The molecule has 25 heavy (non-hydrogen) atoms. The molecule has 3 heterocycles. The van der Waals surface area contributed by atoms with Gasteiger partial charge < -0.3 is 0 Å². The minimum absolute atomic E-state index is 0.293. The highest BCUT2D eigenvalue weighted by Gasteiger charge is 2.79. The Kier molecular flexibility index (Phi) is 3.48. The minimum Gasteiger partial charge on any atom is -0.278 e. The van der Waals surface area contributed by atoms with Gasteiger partial charge in [-0.2, -0.15) is 0 Å². The molecule has 0 amide bonds. The van der Waals surface area contributed by atoms with Crippen LogP contribution in [0.3, 0.4) is 0 Å². The highest BCUT2D eigenvalue weighted by atomic mass is 31.2. The maximum atomic E-state index is 12.5. The van der Waals surface area contributed by atoms with E-state index in [1.54, 1.807) is 0 Å². The van der Waals surface area contributed by atoms with E-state index in [9.17, 15) is 4.57 Å². The fraction of sp³-hybridized carbons (Fsp3) is 0.400. The first-order valence-corrected chi connectivity index (χ1v) is 10.5. The molecule has 1 unspecified atom stereocenters. The van der Waals surface area contributed by atoms with Crippen molar-refractivity contribution in [3.63, 3.8) is 0 Å². The van der Waals surface area contributed by atoms with E-state index in [0.717, 1.165) is 43.2 Å². The quantitative estimate of drug-likeness (QED) is 0.695. The van der Waals surface area contributed by atoms with Crippen LogP contribution in [0, 0.1) is 0 Å². The Morgan fingerprint density at radius 3 is 2.04 bits per heavy atom. The van der Waals surface area contributed by atoms with Gasteiger partial charge >= 0.3 is 7.82 Å². The van der Waals surface area contributed by atoms with E-state index >= 15 is 0 Å². The lowest BCUT2D eigenvalue weighted by Crippen LogP contribution is -2.61. The summed E-state index contributed by atoms with van der Waals surface area (Å²) in [5.74, 6) is -0.994. The number of phosphoric acid groups is 1. The summed E-state index contributed by atoms with van der Waals surface area (Å²) < 4.78 is 30.3. The molecule has 0 N–H and O–H groups in total. The molecule has 4 aliphatic rings. The predicted molar refractivity (Wildman–Crippen MR) is 94.1 cm³/mol. The van der Waals surface area contributed by atoms with Crippen LogP contribution in [0.25, 0.3) is 0 Å². The van der Waals surface area contributed by atoms with Gasteiger partial charge in [0.1, 0.15) is 6.10 Å². The minimum atomic E-state index is -3.37. The third kappa shape index (κ3) is 2.09. The fourth-order valence-corrected chi connectivity index (χ4v) is 6.64. The third-order valence-electron chi connectivity index (χ3n) is 5.82. The second kappa shape index (κ2) is 5.52. The van der Waals surface area contributed by atoms with Crippen LogP contribution >= 0.6 is 7.82 Å². The summed E-state index contributed by atoms with van der Waals surface area (Å²) in [5.41, 5.74) is 1.74. The molecule has 1 aliphatic carbocycles.